The molecule has 8 nitrogen and oxygen atoms in total. The lowest BCUT2D eigenvalue weighted by atomic mass is 10.1. The number of morpholine rings is 1. The standard InChI is InChI=1S/C25H32N4O4/c1-32-21-7-4-19(5-8-21)24(30)27-20-6-9-23(29-11-2-3-12-29)22(18-20)25(31)26-10-13-28-14-16-33-17-15-28/h4-9,18H,2-3,10-17H2,1H3,(H,26,31)(H,27,30). The van der Waals surface area contributed by atoms with Gasteiger partial charge in [-0.2, -0.15) is 0 Å². The van der Waals surface area contributed by atoms with E-state index in [4.69, 9.17) is 9.47 Å². The number of nitrogens with zero attached hydrogens (tertiary/aromatic N) is 2. The predicted molar refractivity (Wildman–Crippen MR) is 128 cm³/mol. The van der Waals surface area contributed by atoms with Crippen LogP contribution in [0.1, 0.15) is 33.6 Å². The Morgan fingerprint density at radius 1 is 0.970 bits per heavy atom. The molecule has 0 aromatic heterocycles. The molecular formula is C25H32N4O4. The summed E-state index contributed by atoms with van der Waals surface area (Å²) in [6, 6.07) is 12.5. The first-order valence-electron chi connectivity index (χ1n) is 11.6. The lowest BCUT2D eigenvalue weighted by Gasteiger charge is -2.26. The molecule has 0 aliphatic carbocycles. The fourth-order valence-corrected chi connectivity index (χ4v) is 4.22. The second-order valence-electron chi connectivity index (χ2n) is 8.32. The number of benzene rings is 2. The van der Waals surface area contributed by atoms with Crippen molar-refractivity contribution in [3.8, 4) is 5.75 Å². The summed E-state index contributed by atoms with van der Waals surface area (Å²) in [7, 11) is 1.59. The van der Waals surface area contributed by atoms with Crippen molar-refractivity contribution in [3.05, 3.63) is 53.6 Å². The van der Waals surface area contributed by atoms with E-state index in [1.165, 1.54) is 0 Å². The molecule has 0 radical (unpaired) electrons. The molecule has 0 spiro atoms. The van der Waals surface area contributed by atoms with Crippen molar-refractivity contribution in [1.82, 2.24) is 10.2 Å². The van der Waals surface area contributed by atoms with E-state index in [2.05, 4.69) is 20.4 Å². The van der Waals surface area contributed by atoms with Crippen LogP contribution in [0.25, 0.3) is 0 Å². The number of amides is 2. The van der Waals surface area contributed by atoms with Crippen molar-refractivity contribution in [2.24, 2.45) is 0 Å². The van der Waals surface area contributed by atoms with Gasteiger partial charge in [0, 0.05) is 56.2 Å². The van der Waals surface area contributed by atoms with Crippen molar-refractivity contribution in [2.45, 2.75) is 12.8 Å². The van der Waals surface area contributed by atoms with E-state index < -0.39 is 0 Å². The molecule has 2 N–H and O–H groups in total. The number of hydrogen-bond donors (Lipinski definition) is 2. The summed E-state index contributed by atoms with van der Waals surface area (Å²) in [5.74, 6) is 0.341. The molecule has 2 heterocycles. The summed E-state index contributed by atoms with van der Waals surface area (Å²) in [6.07, 6.45) is 2.24. The summed E-state index contributed by atoms with van der Waals surface area (Å²) in [4.78, 5) is 30.4. The van der Waals surface area contributed by atoms with E-state index in [0.29, 0.717) is 29.1 Å². The Bertz CT molecular complexity index is 951. The highest BCUT2D eigenvalue weighted by molar-refractivity contribution is 6.06. The van der Waals surface area contributed by atoms with Gasteiger partial charge in [-0.05, 0) is 55.3 Å². The zero-order chi connectivity index (χ0) is 23.0. The van der Waals surface area contributed by atoms with Gasteiger partial charge in [-0.1, -0.05) is 0 Å². The first-order chi connectivity index (χ1) is 16.1. The topological polar surface area (TPSA) is 83.1 Å². The summed E-state index contributed by atoms with van der Waals surface area (Å²) in [5.41, 5.74) is 2.62. The van der Waals surface area contributed by atoms with Gasteiger partial charge in [-0.3, -0.25) is 14.5 Å². The molecule has 0 bridgehead atoms. The quantitative estimate of drug-likeness (QED) is 0.641. The number of nitrogens with one attached hydrogen (secondary N) is 2. The second kappa shape index (κ2) is 11.2. The average molecular weight is 453 g/mol. The fraction of sp³-hybridized carbons (Fsp3) is 0.440. The van der Waals surface area contributed by atoms with Gasteiger partial charge in [-0.25, -0.2) is 0 Å². The van der Waals surface area contributed by atoms with Crippen LogP contribution < -0.4 is 20.3 Å². The van der Waals surface area contributed by atoms with Crippen molar-refractivity contribution in [3.63, 3.8) is 0 Å². The molecule has 8 heteroatoms. The number of carbonyl (C=O) groups excluding carboxylic acids is 2. The van der Waals surface area contributed by atoms with Crippen LogP contribution in [0.2, 0.25) is 0 Å². The number of hydrogen-bond acceptors (Lipinski definition) is 6. The van der Waals surface area contributed by atoms with E-state index in [-0.39, 0.29) is 11.8 Å². The van der Waals surface area contributed by atoms with Crippen LogP contribution in [-0.2, 0) is 4.74 Å². The largest absolute Gasteiger partial charge is 0.497 e. The minimum atomic E-state index is -0.231. The van der Waals surface area contributed by atoms with Crippen LogP contribution in [-0.4, -0.2) is 76.3 Å². The molecular weight excluding hydrogens is 420 g/mol. The molecule has 0 atom stereocenters. The molecule has 2 fully saturated rings. The van der Waals surface area contributed by atoms with Crippen LogP contribution in [0.3, 0.4) is 0 Å². The van der Waals surface area contributed by atoms with Gasteiger partial charge in [-0.15, -0.1) is 0 Å². The van der Waals surface area contributed by atoms with Crippen molar-refractivity contribution >= 4 is 23.2 Å². The van der Waals surface area contributed by atoms with E-state index in [1.807, 2.05) is 12.1 Å². The first kappa shape index (κ1) is 23.1. The Hall–Kier alpha value is -3.10. The monoisotopic (exact) mass is 452 g/mol. The fourth-order valence-electron chi connectivity index (χ4n) is 4.22. The lowest BCUT2D eigenvalue weighted by molar-refractivity contribution is 0.0383. The molecule has 2 aliphatic rings. The molecule has 33 heavy (non-hydrogen) atoms. The van der Waals surface area contributed by atoms with Gasteiger partial charge in [0.1, 0.15) is 5.75 Å². The van der Waals surface area contributed by atoms with E-state index >= 15 is 0 Å². The third-order valence-electron chi connectivity index (χ3n) is 6.12. The normalized spacial score (nSPS) is 16.5. The molecule has 4 rings (SSSR count). The van der Waals surface area contributed by atoms with E-state index in [1.54, 1.807) is 37.4 Å². The summed E-state index contributed by atoms with van der Waals surface area (Å²) in [6.45, 7) is 6.50. The maximum atomic E-state index is 13.1. The maximum Gasteiger partial charge on any atom is 0.255 e. The Morgan fingerprint density at radius 2 is 1.70 bits per heavy atom. The molecule has 2 aromatic rings. The minimum absolute atomic E-state index is 0.120. The number of carbonyl (C=O) groups is 2. The number of methoxy groups -OCH3 is 1. The van der Waals surface area contributed by atoms with Gasteiger partial charge in [0.2, 0.25) is 0 Å². The number of ether oxygens (including phenoxy) is 2. The molecule has 0 unspecified atom stereocenters. The van der Waals surface area contributed by atoms with Crippen molar-refractivity contribution < 1.29 is 19.1 Å². The molecule has 2 amide bonds. The van der Waals surface area contributed by atoms with Crippen LogP contribution >= 0.6 is 0 Å². The summed E-state index contributed by atoms with van der Waals surface area (Å²) in [5, 5.41) is 5.98. The van der Waals surface area contributed by atoms with Gasteiger partial charge in [0.15, 0.2) is 0 Å². The van der Waals surface area contributed by atoms with Crippen LogP contribution in [0.15, 0.2) is 42.5 Å². The number of rotatable bonds is 8. The second-order valence-corrected chi connectivity index (χ2v) is 8.32. The average Bonchev–Trinajstić information content (AvgIpc) is 3.39. The van der Waals surface area contributed by atoms with Gasteiger partial charge < -0.3 is 25.0 Å². The van der Waals surface area contributed by atoms with Crippen LogP contribution in [0.5, 0.6) is 5.75 Å². The summed E-state index contributed by atoms with van der Waals surface area (Å²) >= 11 is 0. The molecule has 176 valence electrons. The molecule has 2 aliphatic heterocycles. The van der Waals surface area contributed by atoms with E-state index in [0.717, 1.165) is 64.5 Å². The lowest BCUT2D eigenvalue weighted by Crippen LogP contribution is -2.41. The van der Waals surface area contributed by atoms with Crippen LogP contribution in [0.4, 0.5) is 11.4 Å². The Morgan fingerprint density at radius 3 is 2.39 bits per heavy atom. The maximum absolute atomic E-state index is 13.1. The summed E-state index contributed by atoms with van der Waals surface area (Å²) < 4.78 is 10.5. The SMILES string of the molecule is COc1ccc(C(=O)Nc2ccc(N3CCCC3)c(C(=O)NCCN3CCOCC3)c2)cc1. The van der Waals surface area contributed by atoms with Crippen molar-refractivity contribution in [2.75, 3.05) is 69.8 Å². The molecule has 2 saturated heterocycles. The molecule has 0 saturated carbocycles. The van der Waals surface area contributed by atoms with Crippen LogP contribution in [0, 0.1) is 0 Å². The van der Waals surface area contributed by atoms with Crippen molar-refractivity contribution in [1.29, 1.82) is 0 Å². The zero-order valence-electron chi connectivity index (χ0n) is 19.1. The van der Waals surface area contributed by atoms with Gasteiger partial charge in [0.05, 0.1) is 25.9 Å². The van der Waals surface area contributed by atoms with Gasteiger partial charge >= 0.3 is 0 Å². The molecule has 2 aromatic carbocycles. The number of anilines is 2. The first-order valence-corrected chi connectivity index (χ1v) is 11.6. The third-order valence-corrected chi connectivity index (χ3v) is 6.12. The predicted octanol–water partition coefficient (Wildman–Crippen LogP) is 2.61. The Labute approximate surface area is 194 Å². The zero-order valence-corrected chi connectivity index (χ0v) is 19.1. The smallest absolute Gasteiger partial charge is 0.255 e. The third kappa shape index (κ3) is 6.03. The highest BCUT2D eigenvalue weighted by atomic mass is 16.5. The Kier molecular flexibility index (Phi) is 7.80. The Balaban J connectivity index is 1.46. The highest BCUT2D eigenvalue weighted by Crippen LogP contribution is 2.28. The minimum Gasteiger partial charge on any atom is -0.497 e. The van der Waals surface area contributed by atoms with E-state index in [9.17, 15) is 9.59 Å². The highest BCUT2D eigenvalue weighted by Gasteiger charge is 2.21. The van der Waals surface area contributed by atoms with Gasteiger partial charge in [0.25, 0.3) is 11.8 Å².